The van der Waals surface area contributed by atoms with E-state index in [2.05, 4.69) is 10.6 Å². The van der Waals surface area contributed by atoms with Crippen LogP contribution in [0, 0.1) is 6.92 Å². The fourth-order valence-corrected chi connectivity index (χ4v) is 2.35. The van der Waals surface area contributed by atoms with Gasteiger partial charge in [-0.3, -0.25) is 0 Å². The average molecular weight is 358 g/mol. The molecule has 26 heavy (non-hydrogen) atoms. The van der Waals surface area contributed by atoms with Crippen LogP contribution < -0.4 is 15.4 Å². The van der Waals surface area contributed by atoms with Gasteiger partial charge in [0.1, 0.15) is 12.4 Å². The number of amides is 2. The molecule has 0 bridgehead atoms. The van der Waals surface area contributed by atoms with Crippen LogP contribution in [0.4, 0.5) is 4.79 Å². The van der Waals surface area contributed by atoms with Gasteiger partial charge in [-0.05, 0) is 24.6 Å². The van der Waals surface area contributed by atoms with Crippen molar-refractivity contribution in [3.05, 3.63) is 65.7 Å². The Balaban J connectivity index is 1.72. The minimum Gasteiger partial charge on any atom is -0.492 e. The molecule has 140 valence electrons. The van der Waals surface area contributed by atoms with E-state index in [-0.39, 0.29) is 25.3 Å². The molecular weight excluding hydrogens is 332 g/mol. The minimum atomic E-state index is -0.311. The predicted molar refractivity (Wildman–Crippen MR) is 100 cm³/mol. The Morgan fingerprint density at radius 3 is 2.46 bits per heavy atom. The number of aliphatic hydroxyl groups excluding tert-OH is 1. The fraction of sp³-hybridized carbons (Fsp3) is 0.350. The van der Waals surface area contributed by atoms with Crippen LogP contribution in [0.5, 0.6) is 5.75 Å². The zero-order chi connectivity index (χ0) is 18.6. The summed E-state index contributed by atoms with van der Waals surface area (Å²) in [4.78, 5) is 11.9. The Labute approximate surface area is 154 Å². The highest BCUT2D eigenvalue weighted by atomic mass is 16.5. The van der Waals surface area contributed by atoms with Gasteiger partial charge in [0.15, 0.2) is 0 Å². The van der Waals surface area contributed by atoms with Gasteiger partial charge in [-0.2, -0.15) is 0 Å². The van der Waals surface area contributed by atoms with Gasteiger partial charge in [-0.15, -0.1) is 0 Å². The standard InChI is InChI=1S/C20H26N2O4/c1-16-7-9-17(10-8-16)19(26-14-12-23)15-22-20(24)21-11-13-25-18-5-3-2-4-6-18/h2-10,19,23H,11-15H2,1H3,(H2,21,22,24). The highest BCUT2D eigenvalue weighted by Gasteiger charge is 2.13. The molecule has 3 N–H and O–H groups in total. The number of benzene rings is 2. The topological polar surface area (TPSA) is 79.8 Å². The summed E-state index contributed by atoms with van der Waals surface area (Å²) in [6, 6.07) is 17.1. The summed E-state index contributed by atoms with van der Waals surface area (Å²) >= 11 is 0. The number of carbonyl (C=O) groups excluding carboxylic acids is 1. The number of aliphatic hydroxyl groups is 1. The number of rotatable bonds is 10. The van der Waals surface area contributed by atoms with Crippen molar-refractivity contribution in [1.82, 2.24) is 10.6 Å². The smallest absolute Gasteiger partial charge is 0.315 e. The maximum Gasteiger partial charge on any atom is 0.315 e. The minimum absolute atomic E-state index is 0.0641. The SMILES string of the molecule is Cc1ccc(C(CNC(=O)NCCOc2ccccc2)OCCO)cc1. The van der Waals surface area contributed by atoms with Crippen LogP contribution in [0.3, 0.4) is 0 Å². The van der Waals surface area contributed by atoms with Crippen molar-refractivity contribution >= 4 is 6.03 Å². The molecule has 1 unspecified atom stereocenters. The molecule has 0 aliphatic carbocycles. The van der Waals surface area contributed by atoms with Crippen molar-refractivity contribution in [2.45, 2.75) is 13.0 Å². The molecule has 0 spiro atoms. The van der Waals surface area contributed by atoms with Gasteiger partial charge < -0.3 is 25.2 Å². The number of ether oxygens (including phenoxy) is 2. The van der Waals surface area contributed by atoms with E-state index in [1.54, 1.807) is 0 Å². The molecule has 6 heteroatoms. The zero-order valence-electron chi connectivity index (χ0n) is 15.0. The highest BCUT2D eigenvalue weighted by Crippen LogP contribution is 2.17. The highest BCUT2D eigenvalue weighted by molar-refractivity contribution is 5.73. The van der Waals surface area contributed by atoms with Crippen LogP contribution in [0.2, 0.25) is 0 Å². The quantitative estimate of drug-likeness (QED) is 0.570. The van der Waals surface area contributed by atoms with E-state index in [0.717, 1.165) is 16.9 Å². The number of nitrogens with one attached hydrogen (secondary N) is 2. The van der Waals surface area contributed by atoms with Crippen molar-refractivity contribution in [2.24, 2.45) is 0 Å². The molecule has 6 nitrogen and oxygen atoms in total. The van der Waals surface area contributed by atoms with Crippen LogP contribution >= 0.6 is 0 Å². The number of carbonyl (C=O) groups is 1. The van der Waals surface area contributed by atoms with Gasteiger partial charge >= 0.3 is 6.03 Å². The van der Waals surface area contributed by atoms with E-state index in [1.807, 2.05) is 61.5 Å². The summed E-state index contributed by atoms with van der Waals surface area (Å²) in [5, 5.41) is 14.5. The van der Waals surface area contributed by atoms with Gasteiger partial charge in [-0.1, -0.05) is 48.0 Å². The molecule has 2 aromatic rings. The molecule has 0 fully saturated rings. The van der Waals surface area contributed by atoms with E-state index >= 15 is 0 Å². The molecule has 1 atom stereocenters. The third kappa shape index (κ3) is 7.13. The van der Waals surface area contributed by atoms with Crippen LogP contribution in [-0.4, -0.2) is 44.0 Å². The van der Waals surface area contributed by atoms with Gasteiger partial charge in [0.25, 0.3) is 0 Å². The summed E-state index contributed by atoms with van der Waals surface area (Å²) < 4.78 is 11.2. The number of hydrogen-bond donors (Lipinski definition) is 3. The fourth-order valence-electron chi connectivity index (χ4n) is 2.35. The number of aryl methyl sites for hydroxylation is 1. The largest absolute Gasteiger partial charge is 0.492 e. The lowest BCUT2D eigenvalue weighted by Gasteiger charge is -2.19. The molecule has 0 aliphatic rings. The molecule has 0 heterocycles. The van der Waals surface area contributed by atoms with Crippen molar-refractivity contribution < 1.29 is 19.4 Å². The van der Waals surface area contributed by atoms with E-state index in [0.29, 0.717) is 19.7 Å². The normalized spacial score (nSPS) is 11.6. The second-order valence-corrected chi connectivity index (χ2v) is 5.79. The average Bonchev–Trinajstić information content (AvgIpc) is 2.67. The van der Waals surface area contributed by atoms with E-state index < -0.39 is 0 Å². The molecule has 0 saturated heterocycles. The molecule has 2 aromatic carbocycles. The first kappa shape index (κ1) is 19.8. The van der Waals surface area contributed by atoms with Crippen molar-refractivity contribution in [3.8, 4) is 5.75 Å². The number of urea groups is 1. The van der Waals surface area contributed by atoms with Crippen molar-refractivity contribution in [2.75, 3.05) is 32.9 Å². The maximum absolute atomic E-state index is 11.9. The molecule has 0 aromatic heterocycles. The molecule has 0 radical (unpaired) electrons. The first-order chi connectivity index (χ1) is 12.7. The molecule has 0 saturated carbocycles. The van der Waals surface area contributed by atoms with Crippen LogP contribution in [0.1, 0.15) is 17.2 Å². The zero-order valence-corrected chi connectivity index (χ0v) is 15.0. The monoisotopic (exact) mass is 358 g/mol. The van der Waals surface area contributed by atoms with E-state index in [1.165, 1.54) is 0 Å². The van der Waals surface area contributed by atoms with Crippen LogP contribution in [0.25, 0.3) is 0 Å². The second kappa shape index (κ2) is 11.1. The third-order valence-corrected chi connectivity index (χ3v) is 3.71. The summed E-state index contributed by atoms with van der Waals surface area (Å²) in [6.07, 6.45) is -0.311. The lowest BCUT2D eigenvalue weighted by Crippen LogP contribution is -2.40. The van der Waals surface area contributed by atoms with E-state index in [4.69, 9.17) is 14.6 Å². The Kier molecular flexibility index (Phi) is 8.45. The van der Waals surface area contributed by atoms with Gasteiger partial charge in [-0.25, -0.2) is 4.79 Å². The van der Waals surface area contributed by atoms with Crippen LogP contribution in [-0.2, 0) is 4.74 Å². The summed E-state index contributed by atoms with van der Waals surface area (Å²) in [5.74, 6) is 0.770. The third-order valence-electron chi connectivity index (χ3n) is 3.71. The maximum atomic E-state index is 11.9. The van der Waals surface area contributed by atoms with Gasteiger partial charge in [0.2, 0.25) is 0 Å². The molecule has 0 aliphatic heterocycles. The Bertz CT molecular complexity index is 647. The Morgan fingerprint density at radius 1 is 1.04 bits per heavy atom. The number of hydrogen-bond acceptors (Lipinski definition) is 4. The first-order valence-corrected chi connectivity index (χ1v) is 8.67. The molecular formula is C20H26N2O4. The van der Waals surface area contributed by atoms with Crippen molar-refractivity contribution in [3.63, 3.8) is 0 Å². The predicted octanol–water partition coefficient (Wildman–Crippen LogP) is 2.42. The molecule has 2 rings (SSSR count). The van der Waals surface area contributed by atoms with Gasteiger partial charge in [0, 0.05) is 6.54 Å². The summed E-state index contributed by atoms with van der Waals surface area (Å²) in [7, 11) is 0. The Hall–Kier alpha value is -2.57. The number of para-hydroxylation sites is 1. The lowest BCUT2D eigenvalue weighted by molar-refractivity contribution is 0.0294. The summed E-state index contributed by atoms with van der Waals surface area (Å²) in [6.45, 7) is 3.26. The second-order valence-electron chi connectivity index (χ2n) is 5.79. The Morgan fingerprint density at radius 2 is 1.77 bits per heavy atom. The van der Waals surface area contributed by atoms with Crippen molar-refractivity contribution in [1.29, 1.82) is 0 Å². The summed E-state index contributed by atoms with van der Waals surface area (Å²) in [5.41, 5.74) is 2.11. The van der Waals surface area contributed by atoms with Gasteiger partial charge in [0.05, 0.1) is 25.9 Å². The van der Waals surface area contributed by atoms with Crippen LogP contribution in [0.15, 0.2) is 54.6 Å². The lowest BCUT2D eigenvalue weighted by atomic mass is 10.1. The van der Waals surface area contributed by atoms with E-state index in [9.17, 15) is 4.79 Å². The first-order valence-electron chi connectivity index (χ1n) is 8.67. The molecule has 2 amide bonds.